The van der Waals surface area contributed by atoms with Gasteiger partial charge in [0.1, 0.15) is 0 Å². The van der Waals surface area contributed by atoms with Gasteiger partial charge in [0.25, 0.3) is 0 Å². The Kier molecular flexibility index (Phi) is 5.51. The predicted octanol–water partition coefficient (Wildman–Crippen LogP) is 3.03. The van der Waals surface area contributed by atoms with Crippen LogP contribution in [0.25, 0.3) is 0 Å². The Balaban J connectivity index is 2.28. The van der Waals surface area contributed by atoms with Crippen molar-refractivity contribution >= 4 is 27.7 Å². The minimum Gasteiger partial charge on any atom is -0.330 e. The van der Waals surface area contributed by atoms with Crippen molar-refractivity contribution in [1.29, 1.82) is 0 Å². The number of nitrogens with two attached hydrogens (primary N) is 1. The van der Waals surface area contributed by atoms with Crippen molar-refractivity contribution in [3.05, 3.63) is 34.3 Å². The van der Waals surface area contributed by atoms with E-state index in [-0.39, 0.29) is 0 Å². The summed E-state index contributed by atoms with van der Waals surface area (Å²) in [4.78, 5) is 0. The van der Waals surface area contributed by atoms with E-state index in [0.29, 0.717) is 0 Å². The molecule has 72 valence electrons. The van der Waals surface area contributed by atoms with Gasteiger partial charge in [-0.15, -0.1) is 0 Å². The molecule has 13 heavy (non-hydrogen) atoms. The predicted molar refractivity (Wildman–Crippen MR) is 64.0 cm³/mol. The van der Waals surface area contributed by atoms with Gasteiger partial charge in [0, 0.05) is 10.2 Å². The molecule has 0 aliphatic heterocycles. The number of hydrogen-bond acceptors (Lipinski definition) is 2. The average molecular weight is 260 g/mol. The van der Waals surface area contributed by atoms with Gasteiger partial charge >= 0.3 is 0 Å². The molecule has 0 amide bonds. The van der Waals surface area contributed by atoms with Crippen LogP contribution >= 0.6 is 27.7 Å². The smallest absolute Gasteiger partial charge is 0.0184 e. The highest BCUT2D eigenvalue weighted by Gasteiger charge is 1.93. The number of hydrogen-bond donors (Lipinski definition) is 1. The van der Waals surface area contributed by atoms with Crippen molar-refractivity contribution in [2.75, 3.05) is 12.3 Å². The number of thioether (sulfide) groups is 1. The maximum atomic E-state index is 5.41. The van der Waals surface area contributed by atoms with E-state index in [0.717, 1.165) is 28.9 Å². The van der Waals surface area contributed by atoms with Crippen LogP contribution in [0.15, 0.2) is 28.7 Å². The summed E-state index contributed by atoms with van der Waals surface area (Å²) in [6.45, 7) is 0.797. The summed E-state index contributed by atoms with van der Waals surface area (Å²) < 4.78 is 1.16. The van der Waals surface area contributed by atoms with Crippen molar-refractivity contribution in [3.63, 3.8) is 0 Å². The minimum absolute atomic E-state index is 0.797. The Morgan fingerprint density at radius 2 is 2.23 bits per heavy atom. The Hall–Kier alpha value is 0.01000. The van der Waals surface area contributed by atoms with Gasteiger partial charge in [0.05, 0.1) is 0 Å². The molecule has 0 spiro atoms. The zero-order chi connectivity index (χ0) is 9.52. The highest BCUT2D eigenvalue weighted by Crippen LogP contribution is 2.17. The molecule has 0 heterocycles. The standard InChI is InChI=1S/C10H14BrNS/c11-10-4-1-3-9(7-10)8-13-6-2-5-12/h1,3-4,7H,2,5-6,8,12H2. The average Bonchev–Trinajstić information content (AvgIpc) is 2.13. The summed E-state index contributed by atoms with van der Waals surface area (Å²) in [6.07, 6.45) is 1.11. The van der Waals surface area contributed by atoms with Crippen LogP contribution in [0.4, 0.5) is 0 Å². The van der Waals surface area contributed by atoms with Crippen LogP contribution in [-0.2, 0) is 5.75 Å². The fourth-order valence-electron chi connectivity index (χ4n) is 1.00. The molecule has 0 saturated heterocycles. The molecule has 0 aliphatic carbocycles. The molecule has 3 heteroatoms. The third-order valence-electron chi connectivity index (χ3n) is 1.65. The van der Waals surface area contributed by atoms with Crippen LogP contribution in [0.3, 0.4) is 0 Å². The van der Waals surface area contributed by atoms with E-state index in [4.69, 9.17) is 5.73 Å². The van der Waals surface area contributed by atoms with E-state index < -0.39 is 0 Å². The van der Waals surface area contributed by atoms with Crippen molar-refractivity contribution in [2.45, 2.75) is 12.2 Å². The molecule has 0 aliphatic rings. The van der Waals surface area contributed by atoms with Crippen molar-refractivity contribution in [3.8, 4) is 0 Å². The normalized spacial score (nSPS) is 10.3. The van der Waals surface area contributed by atoms with Gasteiger partial charge in [-0.25, -0.2) is 0 Å². The third kappa shape index (κ3) is 4.69. The summed E-state index contributed by atoms with van der Waals surface area (Å²) in [5.41, 5.74) is 6.78. The maximum absolute atomic E-state index is 5.41. The van der Waals surface area contributed by atoms with Crippen LogP contribution < -0.4 is 5.73 Å². The highest BCUT2D eigenvalue weighted by atomic mass is 79.9. The molecule has 1 aromatic rings. The summed E-state index contributed by atoms with van der Waals surface area (Å²) in [7, 11) is 0. The van der Waals surface area contributed by atoms with Crippen molar-refractivity contribution in [1.82, 2.24) is 0 Å². The summed E-state index contributed by atoms with van der Waals surface area (Å²) in [5.74, 6) is 2.24. The minimum atomic E-state index is 0.797. The molecular formula is C10H14BrNS. The topological polar surface area (TPSA) is 26.0 Å². The molecule has 1 rings (SSSR count). The largest absolute Gasteiger partial charge is 0.330 e. The fourth-order valence-corrected chi connectivity index (χ4v) is 2.38. The van der Waals surface area contributed by atoms with Crippen LogP contribution in [0.5, 0.6) is 0 Å². The van der Waals surface area contributed by atoms with E-state index >= 15 is 0 Å². The third-order valence-corrected chi connectivity index (χ3v) is 3.26. The molecular weight excluding hydrogens is 246 g/mol. The first-order valence-electron chi connectivity index (χ1n) is 4.35. The lowest BCUT2D eigenvalue weighted by Crippen LogP contribution is -1.99. The molecule has 0 aromatic heterocycles. The van der Waals surface area contributed by atoms with Gasteiger partial charge in [-0.3, -0.25) is 0 Å². The molecule has 0 radical (unpaired) electrons. The lowest BCUT2D eigenvalue weighted by atomic mass is 10.2. The Labute approximate surface area is 92.2 Å². The maximum Gasteiger partial charge on any atom is 0.0184 e. The van der Waals surface area contributed by atoms with Crippen LogP contribution in [-0.4, -0.2) is 12.3 Å². The van der Waals surface area contributed by atoms with Crippen LogP contribution in [0.1, 0.15) is 12.0 Å². The van der Waals surface area contributed by atoms with E-state index in [1.807, 2.05) is 17.8 Å². The lowest BCUT2D eigenvalue weighted by molar-refractivity contribution is 0.943. The fraction of sp³-hybridized carbons (Fsp3) is 0.400. The number of halogens is 1. The van der Waals surface area contributed by atoms with Gasteiger partial charge in [-0.2, -0.15) is 11.8 Å². The van der Waals surface area contributed by atoms with Crippen molar-refractivity contribution in [2.24, 2.45) is 5.73 Å². The van der Waals surface area contributed by atoms with Gasteiger partial charge in [-0.05, 0) is 36.4 Å². The first-order chi connectivity index (χ1) is 6.33. The van der Waals surface area contributed by atoms with E-state index in [1.165, 1.54) is 5.56 Å². The Morgan fingerprint density at radius 1 is 1.38 bits per heavy atom. The second kappa shape index (κ2) is 6.46. The van der Waals surface area contributed by atoms with Gasteiger partial charge < -0.3 is 5.73 Å². The van der Waals surface area contributed by atoms with E-state index in [1.54, 1.807) is 0 Å². The van der Waals surface area contributed by atoms with Gasteiger partial charge in [0.15, 0.2) is 0 Å². The van der Waals surface area contributed by atoms with E-state index in [9.17, 15) is 0 Å². The molecule has 0 atom stereocenters. The first-order valence-corrected chi connectivity index (χ1v) is 6.30. The van der Waals surface area contributed by atoms with Crippen LogP contribution in [0.2, 0.25) is 0 Å². The van der Waals surface area contributed by atoms with E-state index in [2.05, 4.69) is 34.1 Å². The Morgan fingerprint density at radius 3 is 2.92 bits per heavy atom. The SMILES string of the molecule is NCCCSCc1cccc(Br)c1. The molecule has 0 unspecified atom stereocenters. The molecule has 0 bridgehead atoms. The van der Waals surface area contributed by atoms with Crippen LogP contribution in [0, 0.1) is 0 Å². The molecule has 0 saturated carbocycles. The molecule has 1 aromatic carbocycles. The first kappa shape index (κ1) is 11.1. The van der Waals surface area contributed by atoms with Gasteiger partial charge in [0.2, 0.25) is 0 Å². The summed E-state index contributed by atoms with van der Waals surface area (Å²) >= 11 is 5.39. The van der Waals surface area contributed by atoms with Crippen molar-refractivity contribution < 1.29 is 0 Å². The second-order valence-corrected chi connectivity index (χ2v) is 4.85. The monoisotopic (exact) mass is 259 g/mol. The summed E-state index contributed by atoms with van der Waals surface area (Å²) in [6, 6.07) is 8.44. The number of benzene rings is 1. The highest BCUT2D eigenvalue weighted by molar-refractivity contribution is 9.10. The number of rotatable bonds is 5. The lowest BCUT2D eigenvalue weighted by Gasteiger charge is -2.01. The molecule has 0 fully saturated rings. The molecule has 1 nitrogen and oxygen atoms in total. The quantitative estimate of drug-likeness (QED) is 0.823. The Bertz CT molecular complexity index is 252. The van der Waals surface area contributed by atoms with Gasteiger partial charge in [-0.1, -0.05) is 28.1 Å². The molecule has 2 N–H and O–H groups in total. The summed E-state index contributed by atoms with van der Waals surface area (Å²) in [5, 5.41) is 0. The zero-order valence-electron chi connectivity index (χ0n) is 7.50. The second-order valence-electron chi connectivity index (χ2n) is 2.82. The zero-order valence-corrected chi connectivity index (χ0v) is 9.90.